The number of hydrogen-bond acceptors (Lipinski definition) is 6. The predicted octanol–water partition coefficient (Wildman–Crippen LogP) is 7.61. The normalized spacial score (nSPS) is 10.7. The second kappa shape index (κ2) is 18.2. The van der Waals surface area contributed by atoms with E-state index in [0.717, 1.165) is 58.1 Å². The summed E-state index contributed by atoms with van der Waals surface area (Å²) in [7, 11) is 0. The standard InChI is InChI=1S/C29H38Br2O6/c1-3-34-28(32)14-10-18-37-27-13-9-12-22(26(27)15-16-29(33)35-4-2)11-7-5-6-8-17-36-25-20-23(30)19-24(31)21-25/h9,12-13,19-21H,3-8,10-11,14-18H2,1-2H3. The van der Waals surface area contributed by atoms with Gasteiger partial charge in [0.15, 0.2) is 0 Å². The average molecular weight is 642 g/mol. The molecule has 8 heteroatoms. The Morgan fingerprint density at radius 2 is 1.38 bits per heavy atom. The van der Waals surface area contributed by atoms with E-state index in [2.05, 4.69) is 37.9 Å². The predicted molar refractivity (Wildman–Crippen MR) is 152 cm³/mol. The molecule has 0 fully saturated rings. The van der Waals surface area contributed by atoms with Crippen molar-refractivity contribution in [1.29, 1.82) is 0 Å². The maximum atomic E-state index is 12.0. The lowest BCUT2D eigenvalue weighted by Gasteiger charge is -2.16. The first-order valence-corrected chi connectivity index (χ1v) is 14.6. The van der Waals surface area contributed by atoms with Crippen LogP contribution in [0, 0.1) is 0 Å². The van der Waals surface area contributed by atoms with Crippen molar-refractivity contribution >= 4 is 43.8 Å². The van der Waals surface area contributed by atoms with Crippen LogP contribution in [-0.2, 0) is 31.9 Å². The molecule has 0 aliphatic rings. The first-order chi connectivity index (χ1) is 17.9. The van der Waals surface area contributed by atoms with Crippen molar-refractivity contribution in [3.8, 4) is 11.5 Å². The van der Waals surface area contributed by atoms with Crippen LogP contribution in [0.4, 0.5) is 0 Å². The van der Waals surface area contributed by atoms with Crippen LogP contribution in [-0.4, -0.2) is 38.4 Å². The number of benzene rings is 2. The Morgan fingerprint density at radius 3 is 2.08 bits per heavy atom. The lowest BCUT2D eigenvalue weighted by Crippen LogP contribution is -2.10. The molecule has 2 rings (SSSR count). The quantitative estimate of drug-likeness (QED) is 0.123. The number of esters is 2. The van der Waals surface area contributed by atoms with E-state index in [1.165, 1.54) is 5.56 Å². The lowest BCUT2D eigenvalue weighted by atomic mass is 9.96. The van der Waals surface area contributed by atoms with Crippen molar-refractivity contribution in [3.05, 3.63) is 56.5 Å². The molecule has 0 radical (unpaired) electrons. The molecule has 204 valence electrons. The molecule has 0 aliphatic heterocycles. The Balaban J connectivity index is 1.84. The van der Waals surface area contributed by atoms with Crippen molar-refractivity contribution < 1.29 is 28.5 Å². The van der Waals surface area contributed by atoms with Gasteiger partial charge >= 0.3 is 11.9 Å². The SMILES string of the molecule is CCOC(=O)CCCOc1cccc(CCCCCCOc2cc(Br)cc(Br)c2)c1CCC(=O)OCC. The fraction of sp³-hybridized carbons (Fsp3) is 0.517. The molecule has 2 aromatic rings. The third-order valence-electron chi connectivity index (χ3n) is 5.65. The van der Waals surface area contributed by atoms with Crippen molar-refractivity contribution in [2.24, 2.45) is 0 Å². The molecule has 0 amide bonds. The van der Waals surface area contributed by atoms with Crippen LogP contribution in [0.1, 0.15) is 69.9 Å². The van der Waals surface area contributed by atoms with Gasteiger partial charge in [-0.1, -0.05) is 56.8 Å². The molecule has 0 bridgehead atoms. The van der Waals surface area contributed by atoms with E-state index >= 15 is 0 Å². The van der Waals surface area contributed by atoms with Gasteiger partial charge in [0, 0.05) is 21.8 Å². The highest BCUT2D eigenvalue weighted by Crippen LogP contribution is 2.27. The Labute approximate surface area is 237 Å². The molecule has 0 unspecified atom stereocenters. The van der Waals surface area contributed by atoms with E-state index in [-0.39, 0.29) is 11.9 Å². The second-order valence-corrected chi connectivity index (χ2v) is 10.4. The first kappa shape index (κ1) is 31.2. The minimum absolute atomic E-state index is 0.206. The van der Waals surface area contributed by atoms with Crippen LogP contribution in [0.5, 0.6) is 11.5 Å². The summed E-state index contributed by atoms with van der Waals surface area (Å²) in [6, 6.07) is 12.0. The zero-order chi connectivity index (χ0) is 26.9. The molecule has 2 aromatic carbocycles. The van der Waals surface area contributed by atoms with Gasteiger partial charge in [0.05, 0.1) is 26.4 Å². The Morgan fingerprint density at radius 1 is 0.730 bits per heavy atom. The number of unbranched alkanes of at least 4 members (excludes halogenated alkanes) is 3. The van der Waals surface area contributed by atoms with Crippen LogP contribution < -0.4 is 9.47 Å². The number of ether oxygens (including phenoxy) is 4. The van der Waals surface area contributed by atoms with Gasteiger partial charge in [-0.25, -0.2) is 0 Å². The summed E-state index contributed by atoms with van der Waals surface area (Å²) in [4.78, 5) is 23.6. The molecule has 0 aliphatic carbocycles. The number of hydrogen-bond donors (Lipinski definition) is 0. The Hall–Kier alpha value is -2.06. The number of halogens is 2. The summed E-state index contributed by atoms with van der Waals surface area (Å²) < 4.78 is 24.0. The summed E-state index contributed by atoms with van der Waals surface area (Å²) in [5, 5.41) is 0. The molecule has 0 aromatic heterocycles. The number of carbonyl (C=O) groups is 2. The van der Waals surface area contributed by atoms with Crippen LogP contribution in [0.15, 0.2) is 45.3 Å². The van der Waals surface area contributed by atoms with E-state index in [4.69, 9.17) is 18.9 Å². The Bertz CT molecular complexity index is 959. The smallest absolute Gasteiger partial charge is 0.306 e. The van der Waals surface area contributed by atoms with E-state index in [1.54, 1.807) is 6.92 Å². The number of aryl methyl sites for hydroxylation is 1. The highest BCUT2D eigenvalue weighted by Gasteiger charge is 2.13. The Kier molecular flexibility index (Phi) is 15.4. The van der Waals surface area contributed by atoms with Crippen molar-refractivity contribution in [1.82, 2.24) is 0 Å². The van der Waals surface area contributed by atoms with Crippen molar-refractivity contribution in [2.45, 2.75) is 71.6 Å². The van der Waals surface area contributed by atoms with Crippen LogP contribution >= 0.6 is 31.9 Å². The molecule has 37 heavy (non-hydrogen) atoms. The molecular weight excluding hydrogens is 604 g/mol. The molecule has 0 heterocycles. The summed E-state index contributed by atoms with van der Waals surface area (Å²) in [6.45, 7) is 5.47. The maximum Gasteiger partial charge on any atom is 0.306 e. The first-order valence-electron chi connectivity index (χ1n) is 13.1. The molecule has 0 N–H and O–H groups in total. The van der Waals surface area contributed by atoms with E-state index in [0.29, 0.717) is 52.1 Å². The highest BCUT2D eigenvalue weighted by atomic mass is 79.9. The van der Waals surface area contributed by atoms with E-state index in [1.807, 2.05) is 37.3 Å². The number of rotatable bonds is 18. The maximum absolute atomic E-state index is 12.0. The largest absolute Gasteiger partial charge is 0.494 e. The monoisotopic (exact) mass is 640 g/mol. The molecule has 6 nitrogen and oxygen atoms in total. The van der Waals surface area contributed by atoms with Crippen LogP contribution in [0.3, 0.4) is 0 Å². The molecule has 0 atom stereocenters. The lowest BCUT2D eigenvalue weighted by molar-refractivity contribution is -0.144. The second-order valence-electron chi connectivity index (χ2n) is 8.57. The molecule has 0 saturated heterocycles. The van der Waals surface area contributed by atoms with Crippen molar-refractivity contribution in [3.63, 3.8) is 0 Å². The zero-order valence-corrected chi connectivity index (χ0v) is 25.0. The average Bonchev–Trinajstić information content (AvgIpc) is 2.85. The minimum Gasteiger partial charge on any atom is -0.494 e. The summed E-state index contributed by atoms with van der Waals surface area (Å²) >= 11 is 6.96. The van der Waals surface area contributed by atoms with Gasteiger partial charge in [-0.05, 0) is 81.3 Å². The van der Waals surface area contributed by atoms with Gasteiger partial charge in [0.2, 0.25) is 0 Å². The van der Waals surface area contributed by atoms with Gasteiger partial charge in [0.25, 0.3) is 0 Å². The van der Waals surface area contributed by atoms with Gasteiger partial charge in [-0.3, -0.25) is 9.59 Å². The van der Waals surface area contributed by atoms with Crippen LogP contribution in [0.2, 0.25) is 0 Å². The van der Waals surface area contributed by atoms with E-state index < -0.39 is 0 Å². The summed E-state index contributed by atoms with van der Waals surface area (Å²) in [5.74, 6) is 1.21. The highest BCUT2D eigenvalue weighted by molar-refractivity contribution is 9.11. The zero-order valence-electron chi connectivity index (χ0n) is 21.9. The molecule has 0 spiro atoms. The van der Waals surface area contributed by atoms with Crippen LogP contribution in [0.25, 0.3) is 0 Å². The van der Waals surface area contributed by atoms with Gasteiger partial charge in [-0.2, -0.15) is 0 Å². The third kappa shape index (κ3) is 12.8. The fourth-order valence-corrected chi connectivity index (χ4v) is 5.18. The molecular formula is C29H38Br2O6. The van der Waals surface area contributed by atoms with Gasteiger partial charge < -0.3 is 18.9 Å². The fourth-order valence-electron chi connectivity index (χ4n) is 3.93. The summed E-state index contributed by atoms with van der Waals surface area (Å²) in [6.07, 6.45) is 6.91. The van der Waals surface area contributed by atoms with E-state index in [9.17, 15) is 9.59 Å². The van der Waals surface area contributed by atoms with Gasteiger partial charge in [0.1, 0.15) is 11.5 Å². The van der Waals surface area contributed by atoms with Crippen molar-refractivity contribution in [2.75, 3.05) is 26.4 Å². The third-order valence-corrected chi connectivity index (χ3v) is 6.56. The number of carbonyl (C=O) groups excluding carboxylic acids is 2. The topological polar surface area (TPSA) is 71.1 Å². The summed E-state index contributed by atoms with van der Waals surface area (Å²) in [5.41, 5.74) is 2.25. The van der Waals surface area contributed by atoms with Gasteiger partial charge in [-0.15, -0.1) is 0 Å². The molecule has 0 saturated carbocycles. The minimum atomic E-state index is -0.211.